The highest BCUT2D eigenvalue weighted by Gasteiger charge is 2.16. The summed E-state index contributed by atoms with van der Waals surface area (Å²) in [5.41, 5.74) is 1.79. The van der Waals surface area contributed by atoms with E-state index in [2.05, 4.69) is 0 Å². The molecule has 0 aliphatic heterocycles. The normalized spacial score (nSPS) is 11.1. The van der Waals surface area contributed by atoms with Crippen LogP contribution < -0.4 is 4.74 Å². The number of ether oxygens (including phenoxy) is 3. The summed E-state index contributed by atoms with van der Waals surface area (Å²) in [6, 6.07) is 17.0. The third kappa shape index (κ3) is 6.18. The molecular weight excluding hydrogens is 332 g/mol. The van der Waals surface area contributed by atoms with Crippen molar-refractivity contribution in [2.75, 3.05) is 20.3 Å². The molecule has 5 nitrogen and oxygen atoms in total. The lowest BCUT2D eigenvalue weighted by Gasteiger charge is -2.07. The highest BCUT2D eigenvalue weighted by atomic mass is 16.6. The molecule has 2 rings (SSSR count). The van der Waals surface area contributed by atoms with Crippen molar-refractivity contribution < 1.29 is 23.8 Å². The SMILES string of the molecule is COCCOC(=O)/C(=C\c1ccc(OCc2ccccc2)cc1)C(C)=O. The Bertz CT molecular complexity index is 748. The van der Waals surface area contributed by atoms with Gasteiger partial charge in [-0.25, -0.2) is 4.79 Å². The summed E-state index contributed by atoms with van der Waals surface area (Å²) in [6.07, 6.45) is 1.51. The molecule has 0 saturated heterocycles. The van der Waals surface area contributed by atoms with Gasteiger partial charge in [-0.05, 0) is 36.3 Å². The number of benzene rings is 2. The van der Waals surface area contributed by atoms with Crippen molar-refractivity contribution in [3.8, 4) is 5.75 Å². The summed E-state index contributed by atoms with van der Waals surface area (Å²) in [5, 5.41) is 0. The maximum Gasteiger partial charge on any atom is 0.341 e. The zero-order valence-corrected chi connectivity index (χ0v) is 14.9. The van der Waals surface area contributed by atoms with E-state index in [0.29, 0.717) is 17.9 Å². The average Bonchev–Trinajstić information content (AvgIpc) is 2.66. The minimum atomic E-state index is -0.654. The van der Waals surface area contributed by atoms with Crippen molar-refractivity contribution in [2.24, 2.45) is 0 Å². The molecule has 0 fully saturated rings. The number of ketones is 1. The first-order chi connectivity index (χ1) is 12.6. The molecule has 0 aliphatic carbocycles. The highest BCUT2D eigenvalue weighted by molar-refractivity contribution is 6.19. The van der Waals surface area contributed by atoms with Gasteiger partial charge in [-0.1, -0.05) is 42.5 Å². The van der Waals surface area contributed by atoms with Gasteiger partial charge in [0.2, 0.25) is 0 Å². The maximum absolute atomic E-state index is 12.0. The summed E-state index contributed by atoms with van der Waals surface area (Å²) >= 11 is 0. The first-order valence-corrected chi connectivity index (χ1v) is 8.25. The van der Waals surface area contributed by atoms with Crippen molar-refractivity contribution in [1.82, 2.24) is 0 Å². The van der Waals surface area contributed by atoms with Gasteiger partial charge in [-0.3, -0.25) is 4.79 Å². The molecule has 0 bridgehead atoms. The number of rotatable bonds is 9. The van der Waals surface area contributed by atoms with E-state index in [4.69, 9.17) is 14.2 Å². The standard InChI is InChI=1S/C21H22O5/c1-16(22)20(21(23)25-13-12-24-2)14-17-8-10-19(11-9-17)26-15-18-6-4-3-5-7-18/h3-11,14H,12-13,15H2,1-2H3/b20-14-. The Morgan fingerprint density at radius 2 is 1.65 bits per heavy atom. The molecule has 0 heterocycles. The van der Waals surface area contributed by atoms with Crippen LogP contribution in [0.15, 0.2) is 60.2 Å². The van der Waals surface area contributed by atoms with Crippen molar-refractivity contribution in [2.45, 2.75) is 13.5 Å². The van der Waals surface area contributed by atoms with E-state index in [9.17, 15) is 9.59 Å². The van der Waals surface area contributed by atoms with Crippen molar-refractivity contribution >= 4 is 17.8 Å². The van der Waals surface area contributed by atoms with E-state index in [-0.39, 0.29) is 24.6 Å². The lowest BCUT2D eigenvalue weighted by atomic mass is 10.1. The number of Topliss-reactive ketones (excluding diaryl/α,β-unsaturated/α-hetero) is 1. The second-order valence-electron chi connectivity index (χ2n) is 5.59. The van der Waals surface area contributed by atoms with Crippen LogP contribution in [0.3, 0.4) is 0 Å². The number of hydrogen-bond acceptors (Lipinski definition) is 5. The van der Waals surface area contributed by atoms with Gasteiger partial charge < -0.3 is 14.2 Å². The quantitative estimate of drug-likeness (QED) is 0.227. The van der Waals surface area contributed by atoms with Gasteiger partial charge in [0.15, 0.2) is 5.78 Å². The number of carbonyl (C=O) groups excluding carboxylic acids is 2. The number of esters is 1. The van der Waals surface area contributed by atoms with Crippen LogP contribution in [0, 0.1) is 0 Å². The van der Waals surface area contributed by atoms with Crippen molar-refractivity contribution in [1.29, 1.82) is 0 Å². The van der Waals surface area contributed by atoms with Gasteiger partial charge in [0.1, 0.15) is 24.5 Å². The van der Waals surface area contributed by atoms with Crippen LogP contribution in [-0.4, -0.2) is 32.1 Å². The van der Waals surface area contributed by atoms with Gasteiger partial charge in [0.05, 0.1) is 6.61 Å². The largest absolute Gasteiger partial charge is 0.489 e. The van der Waals surface area contributed by atoms with Crippen LogP contribution in [-0.2, 0) is 25.7 Å². The molecule has 5 heteroatoms. The minimum Gasteiger partial charge on any atom is -0.489 e. The molecule has 2 aromatic rings. The Kier molecular flexibility index (Phi) is 7.58. The molecule has 0 amide bonds. The van der Waals surface area contributed by atoms with Crippen LogP contribution in [0.25, 0.3) is 6.08 Å². The van der Waals surface area contributed by atoms with Gasteiger partial charge in [0.25, 0.3) is 0 Å². The van der Waals surface area contributed by atoms with Gasteiger partial charge in [-0.15, -0.1) is 0 Å². The fourth-order valence-corrected chi connectivity index (χ4v) is 2.17. The molecule has 2 aromatic carbocycles. The molecule has 0 atom stereocenters. The van der Waals surface area contributed by atoms with Crippen LogP contribution in [0.5, 0.6) is 5.75 Å². The predicted octanol–water partition coefficient (Wildman–Crippen LogP) is 3.43. The summed E-state index contributed by atoms with van der Waals surface area (Å²) in [6.45, 7) is 2.19. The van der Waals surface area contributed by atoms with Crippen molar-refractivity contribution in [3.05, 3.63) is 71.3 Å². The summed E-state index contributed by atoms with van der Waals surface area (Å²) in [4.78, 5) is 23.7. The molecule has 136 valence electrons. The second-order valence-corrected chi connectivity index (χ2v) is 5.59. The molecule has 0 aliphatic rings. The Morgan fingerprint density at radius 1 is 0.962 bits per heavy atom. The van der Waals surface area contributed by atoms with Gasteiger partial charge >= 0.3 is 5.97 Å². The van der Waals surface area contributed by atoms with E-state index < -0.39 is 5.97 Å². The first kappa shape index (κ1) is 19.4. The van der Waals surface area contributed by atoms with Crippen LogP contribution in [0.2, 0.25) is 0 Å². The highest BCUT2D eigenvalue weighted by Crippen LogP contribution is 2.17. The third-order valence-corrected chi connectivity index (χ3v) is 3.56. The lowest BCUT2D eigenvalue weighted by Crippen LogP contribution is -2.16. The average molecular weight is 354 g/mol. The fraction of sp³-hybridized carbons (Fsp3) is 0.238. The Labute approximate surface area is 153 Å². The zero-order chi connectivity index (χ0) is 18.8. The topological polar surface area (TPSA) is 61.8 Å². The molecule has 0 unspecified atom stereocenters. The second kappa shape index (κ2) is 10.2. The van der Waals surface area contributed by atoms with Gasteiger partial charge in [0, 0.05) is 7.11 Å². The zero-order valence-electron chi connectivity index (χ0n) is 14.9. The number of carbonyl (C=O) groups is 2. The fourth-order valence-electron chi connectivity index (χ4n) is 2.17. The number of methoxy groups -OCH3 is 1. The minimum absolute atomic E-state index is 0.000873. The Morgan fingerprint density at radius 3 is 2.27 bits per heavy atom. The Balaban J connectivity index is 2.01. The summed E-state index contributed by atoms with van der Waals surface area (Å²) < 4.78 is 15.6. The molecule has 0 radical (unpaired) electrons. The van der Waals surface area contributed by atoms with E-state index in [1.165, 1.54) is 20.1 Å². The van der Waals surface area contributed by atoms with Crippen LogP contribution >= 0.6 is 0 Å². The van der Waals surface area contributed by atoms with Crippen molar-refractivity contribution in [3.63, 3.8) is 0 Å². The smallest absolute Gasteiger partial charge is 0.341 e. The van der Waals surface area contributed by atoms with E-state index >= 15 is 0 Å². The first-order valence-electron chi connectivity index (χ1n) is 8.25. The molecular formula is C21H22O5. The van der Waals surface area contributed by atoms with Crippen LogP contribution in [0.1, 0.15) is 18.1 Å². The summed E-state index contributed by atoms with van der Waals surface area (Å²) in [5.74, 6) is -0.297. The number of hydrogen-bond donors (Lipinski definition) is 0. The van der Waals surface area contributed by atoms with E-state index in [1.54, 1.807) is 24.3 Å². The van der Waals surface area contributed by atoms with E-state index in [0.717, 1.165) is 5.56 Å². The maximum atomic E-state index is 12.0. The molecule has 0 aromatic heterocycles. The molecule has 26 heavy (non-hydrogen) atoms. The molecule has 0 N–H and O–H groups in total. The summed E-state index contributed by atoms with van der Waals surface area (Å²) in [7, 11) is 1.51. The molecule has 0 saturated carbocycles. The lowest BCUT2D eigenvalue weighted by molar-refractivity contribution is -0.141. The van der Waals surface area contributed by atoms with E-state index in [1.807, 2.05) is 30.3 Å². The predicted molar refractivity (Wildman–Crippen MR) is 98.7 cm³/mol. The van der Waals surface area contributed by atoms with Crippen LogP contribution in [0.4, 0.5) is 0 Å². The third-order valence-electron chi connectivity index (χ3n) is 3.56. The van der Waals surface area contributed by atoms with Gasteiger partial charge in [-0.2, -0.15) is 0 Å². The monoisotopic (exact) mass is 354 g/mol. The molecule has 0 spiro atoms. The Hall–Kier alpha value is -2.92.